The summed E-state index contributed by atoms with van der Waals surface area (Å²) in [4.78, 5) is 44.5. The first kappa shape index (κ1) is 20.9. The Hall–Kier alpha value is -2.96. The van der Waals surface area contributed by atoms with Crippen LogP contribution < -0.4 is 10.9 Å². The topological polar surface area (TPSA) is 84.3 Å². The highest BCUT2D eigenvalue weighted by Crippen LogP contribution is 2.38. The predicted molar refractivity (Wildman–Crippen MR) is 121 cm³/mol. The summed E-state index contributed by atoms with van der Waals surface area (Å²) in [5.41, 5.74) is 1.84. The summed E-state index contributed by atoms with van der Waals surface area (Å²) < 4.78 is 1.95. The van der Waals surface area contributed by atoms with E-state index in [-0.39, 0.29) is 35.3 Å². The molecule has 168 valence electrons. The van der Waals surface area contributed by atoms with Crippen LogP contribution >= 0.6 is 0 Å². The molecule has 0 spiro atoms. The second kappa shape index (κ2) is 8.52. The van der Waals surface area contributed by atoms with Gasteiger partial charge < -0.3 is 14.8 Å². The Kier molecular flexibility index (Phi) is 5.57. The molecule has 1 aromatic heterocycles. The van der Waals surface area contributed by atoms with Crippen LogP contribution in [0.4, 0.5) is 0 Å². The van der Waals surface area contributed by atoms with Crippen molar-refractivity contribution in [3.63, 3.8) is 0 Å². The maximum Gasteiger partial charge on any atom is 0.285 e. The molecular formula is C25H30N4O3. The Morgan fingerprint density at radius 2 is 1.88 bits per heavy atom. The second-order valence-corrected chi connectivity index (χ2v) is 9.55. The lowest BCUT2D eigenvalue weighted by Crippen LogP contribution is -2.39. The number of rotatable bonds is 4. The van der Waals surface area contributed by atoms with Gasteiger partial charge in [0.1, 0.15) is 11.4 Å². The Labute approximate surface area is 187 Å². The van der Waals surface area contributed by atoms with E-state index in [9.17, 15) is 14.4 Å². The molecule has 2 fully saturated rings. The molecule has 32 heavy (non-hydrogen) atoms. The molecule has 1 aromatic carbocycles. The van der Waals surface area contributed by atoms with E-state index in [2.05, 4.69) is 10.3 Å². The molecule has 3 heterocycles. The fourth-order valence-electron chi connectivity index (χ4n) is 5.50. The predicted octanol–water partition coefficient (Wildman–Crippen LogP) is 2.41. The summed E-state index contributed by atoms with van der Waals surface area (Å²) in [6.45, 7) is 3.95. The van der Waals surface area contributed by atoms with Crippen LogP contribution in [0.1, 0.15) is 65.3 Å². The smallest absolute Gasteiger partial charge is 0.285 e. The molecule has 1 saturated heterocycles. The summed E-state index contributed by atoms with van der Waals surface area (Å²) in [5, 5.41) is 3.02. The number of amides is 2. The van der Waals surface area contributed by atoms with Crippen molar-refractivity contribution in [2.24, 2.45) is 5.92 Å². The van der Waals surface area contributed by atoms with Crippen molar-refractivity contribution in [1.29, 1.82) is 0 Å². The third-order valence-electron chi connectivity index (χ3n) is 7.37. The highest BCUT2D eigenvalue weighted by atomic mass is 16.2. The summed E-state index contributed by atoms with van der Waals surface area (Å²) >= 11 is 0. The number of aromatic nitrogens is 2. The van der Waals surface area contributed by atoms with Crippen LogP contribution in [0, 0.1) is 12.8 Å². The summed E-state index contributed by atoms with van der Waals surface area (Å²) in [6.07, 6.45) is 7.48. The van der Waals surface area contributed by atoms with Crippen molar-refractivity contribution in [3.05, 3.63) is 63.3 Å². The van der Waals surface area contributed by atoms with Crippen LogP contribution in [-0.4, -0.2) is 45.4 Å². The zero-order valence-electron chi connectivity index (χ0n) is 18.5. The second-order valence-electron chi connectivity index (χ2n) is 9.55. The number of nitrogens with zero attached hydrogens (tertiary/aromatic N) is 3. The lowest BCUT2D eigenvalue weighted by Gasteiger charge is -2.22. The van der Waals surface area contributed by atoms with Crippen LogP contribution in [0.15, 0.2) is 35.3 Å². The van der Waals surface area contributed by atoms with Gasteiger partial charge in [0.15, 0.2) is 0 Å². The number of likely N-dealkylation sites (tertiary alicyclic amines) is 1. The minimum Gasteiger partial charge on any atom is -0.349 e. The minimum atomic E-state index is -0.463. The van der Waals surface area contributed by atoms with Crippen molar-refractivity contribution < 1.29 is 9.59 Å². The molecular weight excluding hydrogens is 404 g/mol. The average molecular weight is 435 g/mol. The van der Waals surface area contributed by atoms with Gasteiger partial charge in [-0.3, -0.25) is 14.4 Å². The fourth-order valence-corrected chi connectivity index (χ4v) is 5.50. The highest BCUT2D eigenvalue weighted by molar-refractivity contribution is 5.93. The molecule has 1 N–H and O–H groups in total. The molecule has 0 radical (unpaired) electrons. The van der Waals surface area contributed by atoms with Crippen molar-refractivity contribution in [2.75, 3.05) is 13.1 Å². The third kappa shape index (κ3) is 3.96. The molecule has 5 rings (SSSR count). The van der Waals surface area contributed by atoms with Gasteiger partial charge in [-0.05, 0) is 30.9 Å². The minimum absolute atomic E-state index is 0.0546. The first-order chi connectivity index (χ1) is 15.5. The third-order valence-corrected chi connectivity index (χ3v) is 7.37. The van der Waals surface area contributed by atoms with Crippen molar-refractivity contribution >= 4 is 11.8 Å². The maximum absolute atomic E-state index is 12.9. The van der Waals surface area contributed by atoms with E-state index in [4.69, 9.17) is 0 Å². The number of carbonyl (C=O) groups is 2. The van der Waals surface area contributed by atoms with E-state index >= 15 is 0 Å². The van der Waals surface area contributed by atoms with Crippen LogP contribution in [0.2, 0.25) is 0 Å². The Bertz CT molecular complexity index is 1100. The van der Waals surface area contributed by atoms with E-state index in [1.165, 1.54) is 6.42 Å². The molecule has 7 heteroatoms. The SMILES string of the molecule is Cc1ccccc1CC(=O)N1C[C@@H]2Cn3cc(C(=O)NC4CCCCC4)c(=O)nc3[C@@H]2C1. The quantitative estimate of drug-likeness (QED) is 0.801. The number of nitrogens with one attached hydrogen (secondary N) is 1. The molecule has 3 aliphatic rings. The average Bonchev–Trinajstić information content (AvgIpc) is 3.34. The fraction of sp³-hybridized carbons (Fsp3) is 0.520. The monoisotopic (exact) mass is 434 g/mol. The zero-order chi connectivity index (χ0) is 22.2. The number of carbonyl (C=O) groups excluding carboxylic acids is 2. The van der Waals surface area contributed by atoms with Gasteiger partial charge in [-0.25, -0.2) is 0 Å². The lowest BCUT2D eigenvalue weighted by atomic mass is 9.95. The highest BCUT2D eigenvalue weighted by Gasteiger charge is 2.43. The van der Waals surface area contributed by atoms with Gasteiger partial charge in [-0.1, -0.05) is 43.5 Å². The number of benzene rings is 1. The maximum atomic E-state index is 12.9. The largest absolute Gasteiger partial charge is 0.349 e. The zero-order valence-corrected chi connectivity index (χ0v) is 18.5. The van der Waals surface area contributed by atoms with E-state index in [1.54, 1.807) is 6.20 Å². The molecule has 7 nitrogen and oxygen atoms in total. The number of hydrogen-bond acceptors (Lipinski definition) is 4. The van der Waals surface area contributed by atoms with Gasteiger partial charge in [0.2, 0.25) is 5.91 Å². The molecule has 2 aromatic rings. The van der Waals surface area contributed by atoms with E-state index in [1.807, 2.05) is 40.7 Å². The lowest BCUT2D eigenvalue weighted by molar-refractivity contribution is -0.129. The molecule has 0 unspecified atom stereocenters. The van der Waals surface area contributed by atoms with Crippen LogP contribution in [0.3, 0.4) is 0 Å². The van der Waals surface area contributed by atoms with Gasteiger partial charge in [-0.2, -0.15) is 4.98 Å². The van der Waals surface area contributed by atoms with Gasteiger partial charge >= 0.3 is 0 Å². The van der Waals surface area contributed by atoms with Gasteiger partial charge in [-0.15, -0.1) is 0 Å². The first-order valence-corrected chi connectivity index (χ1v) is 11.7. The molecule has 2 amide bonds. The van der Waals surface area contributed by atoms with Crippen molar-refractivity contribution in [3.8, 4) is 0 Å². The van der Waals surface area contributed by atoms with Crippen molar-refractivity contribution in [1.82, 2.24) is 19.8 Å². The summed E-state index contributed by atoms with van der Waals surface area (Å²) in [5.74, 6) is 0.807. The van der Waals surface area contributed by atoms with Gasteiger partial charge in [0.25, 0.3) is 11.5 Å². The van der Waals surface area contributed by atoms with Crippen LogP contribution in [0.25, 0.3) is 0 Å². The van der Waals surface area contributed by atoms with Crippen LogP contribution in [0.5, 0.6) is 0 Å². The Morgan fingerprint density at radius 3 is 2.66 bits per heavy atom. The van der Waals surface area contributed by atoms with Crippen molar-refractivity contribution in [2.45, 2.75) is 64.0 Å². The molecule has 1 saturated carbocycles. The number of aryl methyl sites for hydroxylation is 1. The molecule has 1 aliphatic carbocycles. The van der Waals surface area contributed by atoms with E-state index in [0.717, 1.165) is 36.8 Å². The van der Waals surface area contributed by atoms with Gasteiger partial charge in [0, 0.05) is 43.7 Å². The number of hydrogen-bond donors (Lipinski definition) is 1. The normalized spacial score (nSPS) is 22.5. The molecule has 2 atom stereocenters. The Balaban J connectivity index is 1.28. The standard InChI is InChI=1S/C25H30N4O3/c1-16-7-5-6-8-17(16)11-22(30)28-12-18-13-29-15-21(25(32)27-23(29)20(18)14-28)24(31)26-19-9-3-2-4-10-19/h5-8,15,18-20H,2-4,9-14H2,1H3,(H,26,31)/t18-,20-/m1/s1. The summed E-state index contributed by atoms with van der Waals surface area (Å²) in [6, 6.07) is 8.12. The molecule has 2 aliphatic heterocycles. The van der Waals surface area contributed by atoms with Gasteiger partial charge in [0.05, 0.1) is 6.42 Å². The van der Waals surface area contributed by atoms with E-state index < -0.39 is 5.56 Å². The number of fused-ring (bicyclic) bond motifs is 3. The summed E-state index contributed by atoms with van der Waals surface area (Å²) in [7, 11) is 0. The van der Waals surface area contributed by atoms with Crippen LogP contribution in [-0.2, 0) is 17.8 Å². The van der Waals surface area contributed by atoms with E-state index in [0.29, 0.717) is 31.9 Å². The Morgan fingerprint density at radius 1 is 1.09 bits per heavy atom. The molecule has 0 bridgehead atoms. The first-order valence-electron chi connectivity index (χ1n) is 11.7.